The highest BCUT2D eigenvalue weighted by atomic mass is 16.5. The Morgan fingerprint density at radius 2 is 2.24 bits per heavy atom. The van der Waals surface area contributed by atoms with Gasteiger partial charge < -0.3 is 20.1 Å². The van der Waals surface area contributed by atoms with Crippen molar-refractivity contribution in [1.82, 2.24) is 5.32 Å². The van der Waals surface area contributed by atoms with Gasteiger partial charge in [0.25, 0.3) is 0 Å². The largest absolute Gasteiger partial charge is 0.389 e. The van der Waals surface area contributed by atoms with Crippen molar-refractivity contribution in [3.63, 3.8) is 0 Å². The van der Waals surface area contributed by atoms with E-state index < -0.39 is 6.10 Å². The van der Waals surface area contributed by atoms with Crippen LogP contribution in [0.5, 0.6) is 0 Å². The SMILES string of the molecule is CCCNCc1ccc(N(C)CC(O)COC)c(C#N)c1. The molecule has 1 rings (SSSR count). The van der Waals surface area contributed by atoms with E-state index in [1.165, 1.54) is 0 Å². The molecule has 0 aliphatic carbocycles. The first-order chi connectivity index (χ1) is 10.1. The molecule has 1 aromatic rings. The Labute approximate surface area is 127 Å². The molecule has 5 nitrogen and oxygen atoms in total. The molecule has 0 aliphatic rings. The maximum Gasteiger partial charge on any atom is 0.101 e. The molecule has 2 N–H and O–H groups in total. The third-order valence-corrected chi connectivity index (χ3v) is 3.19. The molecular weight excluding hydrogens is 266 g/mol. The lowest BCUT2D eigenvalue weighted by atomic mass is 10.1. The van der Waals surface area contributed by atoms with Gasteiger partial charge in [0.1, 0.15) is 6.07 Å². The Hall–Kier alpha value is -1.61. The molecular formula is C16H25N3O2. The first-order valence-electron chi connectivity index (χ1n) is 7.24. The number of methoxy groups -OCH3 is 1. The van der Waals surface area contributed by atoms with Gasteiger partial charge in [0.2, 0.25) is 0 Å². The third kappa shape index (κ3) is 5.72. The zero-order chi connectivity index (χ0) is 15.7. The van der Waals surface area contributed by atoms with E-state index in [-0.39, 0.29) is 6.61 Å². The van der Waals surface area contributed by atoms with Gasteiger partial charge in [-0.3, -0.25) is 0 Å². The second kappa shape index (κ2) is 9.35. The van der Waals surface area contributed by atoms with Crippen molar-refractivity contribution < 1.29 is 9.84 Å². The van der Waals surface area contributed by atoms with Crippen LogP contribution in [0.4, 0.5) is 5.69 Å². The summed E-state index contributed by atoms with van der Waals surface area (Å²) in [5, 5.41) is 22.4. The molecule has 0 aliphatic heterocycles. The van der Waals surface area contributed by atoms with E-state index in [9.17, 15) is 10.4 Å². The molecule has 0 bridgehead atoms. The summed E-state index contributed by atoms with van der Waals surface area (Å²) in [5.74, 6) is 0. The van der Waals surface area contributed by atoms with Crippen molar-refractivity contribution in [2.45, 2.75) is 26.0 Å². The van der Waals surface area contributed by atoms with Crippen LogP contribution >= 0.6 is 0 Å². The van der Waals surface area contributed by atoms with Gasteiger partial charge >= 0.3 is 0 Å². The highest BCUT2D eigenvalue weighted by molar-refractivity contribution is 5.60. The number of hydrogen-bond acceptors (Lipinski definition) is 5. The number of nitrogens with zero attached hydrogens (tertiary/aromatic N) is 2. The lowest BCUT2D eigenvalue weighted by Crippen LogP contribution is -2.32. The van der Waals surface area contributed by atoms with Crippen molar-refractivity contribution in [3.05, 3.63) is 29.3 Å². The summed E-state index contributed by atoms with van der Waals surface area (Å²) in [4.78, 5) is 1.88. The van der Waals surface area contributed by atoms with Crippen molar-refractivity contribution in [2.24, 2.45) is 0 Å². The number of ether oxygens (including phenoxy) is 1. The van der Waals surface area contributed by atoms with Crippen molar-refractivity contribution >= 4 is 5.69 Å². The molecule has 0 aromatic heterocycles. The van der Waals surface area contributed by atoms with E-state index in [1.807, 2.05) is 30.1 Å². The molecule has 0 saturated carbocycles. The average Bonchev–Trinajstić information content (AvgIpc) is 2.47. The molecule has 0 heterocycles. The van der Waals surface area contributed by atoms with Gasteiger partial charge in [-0.05, 0) is 30.7 Å². The molecule has 1 unspecified atom stereocenters. The van der Waals surface area contributed by atoms with Gasteiger partial charge in [-0.25, -0.2) is 0 Å². The van der Waals surface area contributed by atoms with E-state index >= 15 is 0 Å². The average molecular weight is 291 g/mol. The van der Waals surface area contributed by atoms with Crippen LogP contribution in [0.3, 0.4) is 0 Å². The quantitative estimate of drug-likeness (QED) is 0.675. The summed E-state index contributed by atoms with van der Waals surface area (Å²) in [7, 11) is 3.42. The molecule has 0 fully saturated rings. The number of likely N-dealkylation sites (N-methyl/N-ethyl adjacent to an activating group) is 1. The number of benzene rings is 1. The molecule has 1 atom stereocenters. The number of aliphatic hydroxyl groups excluding tert-OH is 1. The van der Waals surface area contributed by atoms with Gasteiger partial charge in [0.05, 0.1) is 24.0 Å². The minimum Gasteiger partial charge on any atom is -0.389 e. The van der Waals surface area contributed by atoms with Gasteiger partial charge in [-0.15, -0.1) is 0 Å². The van der Waals surface area contributed by atoms with Crippen LogP contribution in [0, 0.1) is 11.3 Å². The Morgan fingerprint density at radius 3 is 2.86 bits per heavy atom. The monoisotopic (exact) mass is 291 g/mol. The van der Waals surface area contributed by atoms with Crippen LogP contribution < -0.4 is 10.2 Å². The normalized spacial score (nSPS) is 12.0. The van der Waals surface area contributed by atoms with Crippen LogP contribution in [-0.4, -0.2) is 45.1 Å². The van der Waals surface area contributed by atoms with Crippen LogP contribution in [0.25, 0.3) is 0 Å². The molecule has 116 valence electrons. The van der Waals surface area contributed by atoms with E-state index in [0.29, 0.717) is 12.1 Å². The molecule has 0 amide bonds. The Morgan fingerprint density at radius 1 is 1.48 bits per heavy atom. The fourth-order valence-corrected chi connectivity index (χ4v) is 2.18. The molecule has 5 heteroatoms. The van der Waals surface area contributed by atoms with Gasteiger partial charge in [0.15, 0.2) is 0 Å². The maximum atomic E-state index is 9.78. The predicted octanol–water partition coefficient (Wildman–Crippen LogP) is 1.50. The number of nitriles is 1. The van der Waals surface area contributed by atoms with Crippen LogP contribution in [-0.2, 0) is 11.3 Å². The van der Waals surface area contributed by atoms with Crippen molar-refractivity contribution in [3.8, 4) is 6.07 Å². The molecule has 0 radical (unpaired) electrons. The minimum absolute atomic E-state index is 0.283. The van der Waals surface area contributed by atoms with Crippen LogP contribution in [0.1, 0.15) is 24.5 Å². The fourth-order valence-electron chi connectivity index (χ4n) is 2.18. The highest BCUT2D eigenvalue weighted by Crippen LogP contribution is 2.20. The van der Waals surface area contributed by atoms with E-state index in [0.717, 1.165) is 30.8 Å². The second-order valence-corrected chi connectivity index (χ2v) is 5.13. The zero-order valence-corrected chi connectivity index (χ0v) is 13.1. The second-order valence-electron chi connectivity index (χ2n) is 5.13. The van der Waals surface area contributed by atoms with Gasteiger partial charge in [0, 0.05) is 27.2 Å². The van der Waals surface area contributed by atoms with E-state index in [2.05, 4.69) is 18.3 Å². The fraction of sp³-hybridized carbons (Fsp3) is 0.562. The topological polar surface area (TPSA) is 68.5 Å². The molecule has 0 saturated heterocycles. The first kappa shape index (κ1) is 17.4. The highest BCUT2D eigenvalue weighted by Gasteiger charge is 2.12. The predicted molar refractivity (Wildman–Crippen MR) is 84.3 cm³/mol. The summed E-state index contributed by atoms with van der Waals surface area (Å²) < 4.78 is 4.92. The summed E-state index contributed by atoms with van der Waals surface area (Å²) >= 11 is 0. The lowest BCUT2D eigenvalue weighted by molar-refractivity contribution is 0.0695. The molecule has 0 spiro atoms. The Bertz CT molecular complexity index is 471. The van der Waals surface area contributed by atoms with Gasteiger partial charge in [-0.2, -0.15) is 5.26 Å². The van der Waals surface area contributed by atoms with E-state index in [1.54, 1.807) is 7.11 Å². The first-order valence-corrected chi connectivity index (χ1v) is 7.24. The molecule has 1 aromatic carbocycles. The van der Waals surface area contributed by atoms with E-state index in [4.69, 9.17) is 4.74 Å². The van der Waals surface area contributed by atoms with Crippen LogP contribution in [0.2, 0.25) is 0 Å². The number of rotatable bonds is 9. The number of hydrogen-bond donors (Lipinski definition) is 2. The summed E-state index contributed by atoms with van der Waals surface area (Å²) in [6, 6.07) is 8.07. The number of aliphatic hydroxyl groups is 1. The maximum absolute atomic E-state index is 9.78. The summed E-state index contributed by atoms with van der Waals surface area (Å²) in [6.45, 7) is 4.56. The number of anilines is 1. The Balaban J connectivity index is 2.76. The Kier molecular flexibility index (Phi) is 7.76. The lowest BCUT2D eigenvalue weighted by Gasteiger charge is -2.23. The third-order valence-electron chi connectivity index (χ3n) is 3.19. The van der Waals surface area contributed by atoms with Gasteiger partial charge in [-0.1, -0.05) is 13.0 Å². The standard InChI is InChI=1S/C16H25N3O2/c1-4-7-18-10-13-5-6-16(14(8-13)9-17)19(2)11-15(20)12-21-3/h5-6,8,15,18,20H,4,7,10-12H2,1-3H3. The smallest absolute Gasteiger partial charge is 0.101 e. The molecule has 21 heavy (non-hydrogen) atoms. The van der Waals surface area contributed by atoms with Crippen molar-refractivity contribution in [1.29, 1.82) is 5.26 Å². The summed E-state index contributed by atoms with van der Waals surface area (Å²) in [5.41, 5.74) is 2.54. The van der Waals surface area contributed by atoms with Crippen molar-refractivity contribution in [2.75, 3.05) is 38.8 Å². The minimum atomic E-state index is -0.572. The van der Waals surface area contributed by atoms with Crippen LogP contribution in [0.15, 0.2) is 18.2 Å². The summed E-state index contributed by atoms with van der Waals surface area (Å²) in [6.07, 6.45) is 0.515. The zero-order valence-electron chi connectivity index (χ0n) is 13.1. The number of nitrogens with one attached hydrogen (secondary N) is 1.